The molecular formula is C28H28N4O2. The Morgan fingerprint density at radius 1 is 0.824 bits per heavy atom. The maximum atomic E-state index is 13.3. The van der Waals surface area contributed by atoms with Crippen molar-refractivity contribution in [3.63, 3.8) is 0 Å². The van der Waals surface area contributed by atoms with E-state index in [2.05, 4.69) is 34.3 Å². The molecule has 1 aliphatic rings. The van der Waals surface area contributed by atoms with Gasteiger partial charge in [-0.05, 0) is 55.0 Å². The van der Waals surface area contributed by atoms with Gasteiger partial charge < -0.3 is 14.5 Å². The molecular weight excluding hydrogens is 424 g/mol. The number of carbonyl (C=O) groups excluding carboxylic acids is 1. The Morgan fingerprint density at radius 2 is 1.47 bits per heavy atom. The van der Waals surface area contributed by atoms with Crippen LogP contribution < -0.4 is 9.64 Å². The summed E-state index contributed by atoms with van der Waals surface area (Å²) in [6.07, 6.45) is 0. The second-order valence-corrected chi connectivity index (χ2v) is 8.47. The number of piperazine rings is 1. The fourth-order valence-corrected chi connectivity index (χ4v) is 4.24. The minimum Gasteiger partial charge on any atom is -0.489 e. The molecule has 0 N–H and O–H groups in total. The number of carbonyl (C=O) groups is 1. The van der Waals surface area contributed by atoms with Crippen molar-refractivity contribution < 1.29 is 9.53 Å². The molecule has 3 aromatic carbocycles. The van der Waals surface area contributed by atoms with Crippen LogP contribution in [0.15, 0.2) is 91.0 Å². The Labute approximate surface area is 200 Å². The smallest absolute Gasteiger partial charge is 0.272 e. The van der Waals surface area contributed by atoms with Crippen LogP contribution in [0, 0.1) is 6.92 Å². The molecule has 6 nitrogen and oxygen atoms in total. The van der Waals surface area contributed by atoms with Gasteiger partial charge in [0.05, 0.1) is 11.4 Å². The molecule has 172 valence electrons. The zero-order chi connectivity index (χ0) is 23.3. The number of hydrogen-bond acceptors (Lipinski definition) is 4. The van der Waals surface area contributed by atoms with Gasteiger partial charge in [0.2, 0.25) is 0 Å². The first-order chi connectivity index (χ1) is 16.7. The Hall–Kier alpha value is -4.06. The van der Waals surface area contributed by atoms with Crippen molar-refractivity contribution in [2.24, 2.45) is 0 Å². The van der Waals surface area contributed by atoms with Crippen LogP contribution in [-0.2, 0) is 6.61 Å². The van der Waals surface area contributed by atoms with Crippen molar-refractivity contribution in [1.82, 2.24) is 14.7 Å². The highest BCUT2D eigenvalue weighted by Crippen LogP contribution is 2.22. The van der Waals surface area contributed by atoms with Crippen molar-refractivity contribution in [2.75, 3.05) is 31.1 Å². The van der Waals surface area contributed by atoms with E-state index < -0.39 is 0 Å². The lowest BCUT2D eigenvalue weighted by Crippen LogP contribution is -2.49. The zero-order valence-electron chi connectivity index (χ0n) is 19.3. The van der Waals surface area contributed by atoms with Gasteiger partial charge in [-0.25, -0.2) is 4.68 Å². The highest BCUT2D eigenvalue weighted by atomic mass is 16.5. The van der Waals surface area contributed by atoms with Crippen LogP contribution in [-0.4, -0.2) is 46.8 Å². The number of amides is 1. The number of ether oxygens (including phenoxy) is 1. The average Bonchev–Trinajstić information content (AvgIpc) is 3.30. The third-order valence-electron chi connectivity index (χ3n) is 6.07. The monoisotopic (exact) mass is 452 g/mol. The summed E-state index contributed by atoms with van der Waals surface area (Å²) in [5.74, 6) is 0.875. The summed E-state index contributed by atoms with van der Waals surface area (Å²) in [6.45, 7) is 5.39. The number of para-hydroxylation sites is 1. The number of aryl methyl sites for hydroxylation is 1. The summed E-state index contributed by atoms with van der Waals surface area (Å²) in [4.78, 5) is 17.5. The van der Waals surface area contributed by atoms with E-state index in [1.54, 1.807) is 4.68 Å². The Kier molecular flexibility index (Phi) is 6.29. The van der Waals surface area contributed by atoms with E-state index in [1.165, 1.54) is 0 Å². The van der Waals surface area contributed by atoms with Gasteiger partial charge in [0.25, 0.3) is 5.91 Å². The molecule has 0 atom stereocenters. The second kappa shape index (κ2) is 9.83. The van der Waals surface area contributed by atoms with Gasteiger partial charge >= 0.3 is 0 Å². The normalized spacial score (nSPS) is 13.7. The van der Waals surface area contributed by atoms with Gasteiger partial charge in [0, 0.05) is 31.9 Å². The van der Waals surface area contributed by atoms with Crippen molar-refractivity contribution in [3.8, 4) is 11.4 Å². The largest absolute Gasteiger partial charge is 0.489 e. The fraction of sp³-hybridized carbons (Fsp3) is 0.214. The van der Waals surface area contributed by atoms with E-state index in [0.29, 0.717) is 25.4 Å². The van der Waals surface area contributed by atoms with E-state index in [4.69, 9.17) is 4.74 Å². The van der Waals surface area contributed by atoms with Crippen molar-refractivity contribution in [3.05, 3.63) is 108 Å². The summed E-state index contributed by atoms with van der Waals surface area (Å²) in [6, 6.07) is 30.0. The van der Waals surface area contributed by atoms with Gasteiger partial charge in [-0.2, -0.15) is 5.10 Å². The van der Waals surface area contributed by atoms with Crippen LogP contribution in [0.1, 0.15) is 21.7 Å². The van der Waals surface area contributed by atoms with Gasteiger partial charge in [0.15, 0.2) is 0 Å². The first-order valence-electron chi connectivity index (χ1n) is 11.6. The summed E-state index contributed by atoms with van der Waals surface area (Å²) >= 11 is 0. The van der Waals surface area contributed by atoms with E-state index >= 15 is 0 Å². The Morgan fingerprint density at radius 3 is 2.15 bits per heavy atom. The van der Waals surface area contributed by atoms with Crippen molar-refractivity contribution in [1.29, 1.82) is 0 Å². The Balaban J connectivity index is 1.20. The highest BCUT2D eigenvalue weighted by molar-refractivity contribution is 5.93. The van der Waals surface area contributed by atoms with Crippen molar-refractivity contribution >= 4 is 11.6 Å². The molecule has 0 spiro atoms. The molecule has 4 aromatic rings. The predicted molar refractivity (Wildman–Crippen MR) is 134 cm³/mol. The zero-order valence-corrected chi connectivity index (χ0v) is 19.3. The second-order valence-electron chi connectivity index (χ2n) is 8.47. The molecule has 6 heteroatoms. The van der Waals surface area contributed by atoms with E-state index in [1.807, 2.05) is 78.6 Å². The molecule has 0 radical (unpaired) electrons. The van der Waals surface area contributed by atoms with Crippen LogP contribution in [0.4, 0.5) is 5.69 Å². The van der Waals surface area contributed by atoms with E-state index in [-0.39, 0.29) is 5.91 Å². The summed E-state index contributed by atoms with van der Waals surface area (Å²) in [5, 5.41) is 4.55. The highest BCUT2D eigenvalue weighted by Gasteiger charge is 2.25. The molecule has 1 fully saturated rings. The van der Waals surface area contributed by atoms with Crippen molar-refractivity contribution in [2.45, 2.75) is 13.5 Å². The lowest BCUT2D eigenvalue weighted by Gasteiger charge is -2.36. The Bertz CT molecular complexity index is 1230. The van der Waals surface area contributed by atoms with E-state index in [9.17, 15) is 4.79 Å². The van der Waals surface area contributed by atoms with Crippen LogP contribution in [0.25, 0.3) is 5.69 Å². The molecule has 34 heavy (non-hydrogen) atoms. The predicted octanol–water partition coefficient (Wildman–Crippen LogP) is 4.72. The molecule has 0 saturated carbocycles. The third kappa shape index (κ3) is 4.81. The first-order valence-corrected chi connectivity index (χ1v) is 11.6. The molecule has 0 unspecified atom stereocenters. The van der Waals surface area contributed by atoms with Gasteiger partial charge in [-0.15, -0.1) is 0 Å². The lowest BCUT2D eigenvalue weighted by molar-refractivity contribution is 0.0737. The third-order valence-corrected chi connectivity index (χ3v) is 6.07. The van der Waals surface area contributed by atoms with E-state index in [0.717, 1.165) is 41.5 Å². The molecule has 1 aliphatic heterocycles. The SMILES string of the molecule is Cc1cc(C(=O)N2CCN(c3ccc(OCc4ccccc4)cc3)CC2)n(-c2ccccc2)n1. The molecule has 0 aliphatic carbocycles. The molecule has 1 saturated heterocycles. The number of hydrogen-bond donors (Lipinski definition) is 0. The molecule has 1 amide bonds. The topological polar surface area (TPSA) is 50.6 Å². The number of benzene rings is 3. The number of nitrogens with zero attached hydrogens (tertiary/aromatic N) is 4. The first kappa shape index (κ1) is 21.8. The number of rotatable bonds is 6. The number of aromatic nitrogens is 2. The summed E-state index contributed by atoms with van der Waals surface area (Å²) < 4.78 is 7.65. The maximum Gasteiger partial charge on any atom is 0.272 e. The lowest BCUT2D eigenvalue weighted by atomic mass is 10.2. The fourth-order valence-electron chi connectivity index (χ4n) is 4.24. The van der Waals surface area contributed by atoms with Gasteiger partial charge in [0.1, 0.15) is 18.1 Å². The molecule has 2 heterocycles. The quantitative estimate of drug-likeness (QED) is 0.425. The summed E-state index contributed by atoms with van der Waals surface area (Å²) in [5.41, 5.74) is 4.63. The van der Waals surface area contributed by atoms with Gasteiger partial charge in [-0.3, -0.25) is 4.79 Å². The van der Waals surface area contributed by atoms with Gasteiger partial charge in [-0.1, -0.05) is 48.5 Å². The molecule has 0 bridgehead atoms. The average molecular weight is 453 g/mol. The molecule has 5 rings (SSSR count). The minimum absolute atomic E-state index is 0.0220. The standard InChI is InChI=1S/C28H28N4O2/c1-22-20-27(32(29-22)25-10-6-3-7-11-25)28(33)31-18-16-30(17-19-31)24-12-14-26(15-13-24)34-21-23-8-4-2-5-9-23/h2-15,20H,16-19,21H2,1H3. The number of anilines is 1. The van der Waals surface area contributed by atoms with Crippen LogP contribution in [0.2, 0.25) is 0 Å². The molecule has 1 aromatic heterocycles. The van der Waals surface area contributed by atoms with Crippen LogP contribution in [0.5, 0.6) is 5.75 Å². The minimum atomic E-state index is 0.0220. The maximum absolute atomic E-state index is 13.3. The van der Waals surface area contributed by atoms with Crippen LogP contribution >= 0.6 is 0 Å². The summed E-state index contributed by atoms with van der Waals surface area (Å²) in [7, 11) is 0. The van der Waals surface area contributed by atoms with Crippen LogP contribution in [0.3, 0.4) is 0 Å².